The van der Waals surface area contributed by atoms with Crippen molar-refractivity contribution in [1.82, 2.24) is 0 Å². The first kappa shape index (κ1) is 14.3. The molecule has 0 atom stereocenters. The van der Waals surface area contributed by atoms with Gasteiger partial charge in [-0.2, -0.15) is 0 Å². The summed E-state index contributed by atoms with van der Waals surface area (Å²) < 4.78 is 0. The minimum absolute atomic E-state index is 0.0457. The minimum Gasteiger partial charge on any atom is -0.515 e. The van der Waals surface area contributed by atoms with Crippen LogP contribution in [0.25, 0.3) is 0 Å². The van der Waals surface area contributed by atoms with E-state index in [-0.39, 0.29) is 5.76 Å². The number of aliphatic hydroxyl groups excluding tert-OH is 2. The predicted molar refractivity (Wildman–Crippen MR) is 57.8 cm³/mol. The van der Waals surface area contributed by atoms with Gasteiger partial charge in [0.15, 0.2) is 0 Å². The SMILES string of the molecule is CC.CC(C)/C=C/C=C(O)\C=C\O. The molecule has 0 aromatic carbocycles. The van der Waals surface area contributed by atoms with Gasteiger partial charge in [-0.3, -0.25) is 0 Å². The van der Waals surface area contributed by atoms with Crippen molar-refractivity contribution >= 4 is 0 Å². The summed E-state index contributed by atoms with van der Waals surface area (Å²) >= 11 is 0. The summed E-state index contributed by atoms with van der Waals surface area (Å²) in [5.41, 5.74) is 0. The molecule has 0 unspecified atom stereocenters. The Morgan fingerprint density at radius 1 is 1.23 bits per heavy atom. The van der Waals surface area contributed by atoms with E-state index >= 15 is 0 Å². The average molecular weight is 184 g/mol. The number of hydrogen-bond donors (Lipinski definition) is 2. The Hall–Kier alpha value is -1.18. The van der Waals surface area contributed by atoms with E-state index in [1.54, 1.807) is 6.08 Å². The Kier molecular flexibility index (Phi) is 11.9. The second kappa shape index (κ2) is 10.8. The number of hydrogen-bond acceptors (Lipinski definition) is 2. The maximum absolute atomic E-state index is 8.93. The predicted octanol–water partition coefficient (Wildman–Crippen LogP) is 3.74. The van der Waals surface area contributed by atoms with Crippen LogP contribution in [0.3, 0.4) is 0 Å². The normalized spacial score (nSPS) is 12.2. The zero-order valence-corrected chi connectivity index (χ0v) is 8.86. The van der Waals surface area contributed by atoms with Crippen LogP contribution in [0.5, 0.6) is 0 Å². The number of rotatable bonds is 3. The molecule has 0 rings (SSSR count). The standard InChI is InChI=1S/C9H14O2.C2H6/c1-8(2)4-3-5-9(11)6-7-10;1-2/h3-8,10-11H,1-2H3;1-2H3/b4-3+,7-6+,9-5+;. The Bertz CT molecular complexity index is 177. The second-order valence-corrected chi connectivity index (χ2v) is 2.54. The number of aliphatic hydroxyl groups is 2. The molecule has 0 bridgehead atoms. The van der Waals surface area contributed by atoms with Crippen LogP contribution in [0.2, 0.25) is 0 Å². The molecular formula is C11H20O2. The van der Waals surface area contributed by atoms with E-state index < -0.39 is 0 Å². The lowest BCUT2D eigenvalue weighted by molar-refractivity contribution is 0.420. The lowest BCUT2D eigenvalue weighted by Crippen LogP contribution is -1.76. The van der Waals surface area contributed by atoms with Gasteiger partial charge in [-0.1, -0.05) is 39.8 Å². The van der Waals surface area contributed by atoms with Crippen LogP contribution in [-0.2, 0) is 0 Å². The topological polar surface area (TPSA) is 40.5 Å². The van der Waals surface area contributed by atoms with Crippen molar-refractivity contribution in [2.45, 2.75) is 27.7 Å². The highest BCUT2D eigenvalue weighted by Crippen LogP contribution is 1.96. The van der Waals surface area contributed by atoms with Crippen molar-refractivity contribution in [1.29, 1.82) is 0 Å². The Morgan fingerprint density at radius 3 is 2.15 bits per heavy atom. The zero-order chi connectivity index (χ0) is 10.7. The number of allylic oxidation sites excluding steroid dienone is 4. The van der Waals surface area contributed by atoms with E-state index in [2.05, 4.69) is 0 Å². The molecule has 2 heteroatoms. The minimum atomic E-state index is 0.0457. The fraction of sp³-hybridized carbons (Fsp3) is 0.455. The van der Waals surface area contributed by atoms with E-state index in [0.29, 0.717) is 5.92 Å². The second-order valence-electron chi connectivity index (χ2n) is 2.54. The molecular weight excluding hydrogens is 164 g/mol. The summed E-state index contributed by atoms with van der Waals surface area (Å²) in [7, 11) is 0. The quantitative estimate of drug-likeness (QED) is 0.518. The van der Waals surface area contributed by atoms with E-state index in [1.165, 1.54) is 12.2 Å². The molecule has 0 radical (unpaired) electrons. The van der Waals surface area contributed by atoms with Crippen molar-refractivity contribution in [3.05, 3.63) is 36.3 Å². The van der Waals surface area contributed by atoms with Crippen molar-refractivity contribution in [2.75, 3.05) is 0 Å². The van der Waals surface area contributed by atoms with Gasteiger partial charge in [0.05, 0.1) is 6.26 Å². The summed E-state index contributed by atoms with van der Waals surface area (Å²) in [6.45, 7) is 8.09. The molecule has 0 aliphatic carbocycles. The van der Waals surface area contributed by atoms with Crippen LogP contribution >= 0.6 is 0 Å². The van der Waals surface area contributed by atoms with Crippen molar-refractivity contribution < 1.29 is 10.2 Å². The summed E-state index contributed by atoms with van der Waals surface area (Å²) in [4.78, 5) is 0. The van der Waals surface area contributed by atoms with Gasteiger partial charge in [0.1, 0.15) is 5.76 Å². The molecule has 0 aromatic heterocycles. The summed E-state index contributed by atoms with van der Waals surface area (Å²) in [6, 6.07) is 0. The van der Waals surface area contributed by atoms with Crippen molar-refractivity contribution in [3.63, 3.8) is 0 Å². The zero-order valence-electron chi connectivity index (χ0n) is 8.86. The van der Waals surface area contributed by atoms with Gasteiger partial charge in [-0.15, -0.1) is 0 Å². The fourth-order valence-electron chi connectivity index (χ4n) is 0.508. The lowest BCUT2D eigenvalue weighted by atomic mass is 10.2. The molecule has 2 N–H and O–H groups in total. The summed E-state index contributed by atoms with van der Waals surface area (Å²) in [5.74, 6) is 0.515. The first-order valence-electron chi connectivity index (χ1n) is 4.55. The molecule has 0 heterocycles. The average Bonchev–Trinajstić information content (AvgIpc) is 2.08. The van der Waals surface area contributed by atoms with E-state index in [9.17, 15) is 0 Å². The largest absolute Gasteiger partial charge is 0.515 e. The van der Waals surface area contributed by atoms with Crippen LogP contribution in [0.1, 0.15) is 27.7 Å². The maximum atomic E-state index is 8.93. The third kappa shape index (κ3) is 13.8. The molecule has 13 heavy (non-hydrogen) atoms. The molecule has 0 saturated heterocycles. The summed E-state index contributed by atoms with van der Waals surface area (Å²) in [6.07, 6.45) is 7.23. The molecule has 0 saturated carbocycles. The molecule has 0 aliphatic heterocycles. The van der Waals surface area contributed by atoms with Gasteiger partial charge in [-0.25, -0.2) is 0 Å². The van der Waals surface area contributed by atoms with Gasteiger partial charge in [0.2, 0.25) is 0 Å². The Labute approximate surface area is 80.9 Å². The van der Waals surface area contributed by atoms with Crippen molar-refractivity contribution in [3.8, 4) is 0 Å². The maximum Gasteiger partial charge on any atom is 0.118 e. The Balaban J connectivity index is 0. The highest BCUT2D eigenvalue weighted by atomic mass is 16.3. The smallest absolute Gasteiger partial charge is 0.118 e. The molecule has 0 amide bonds. The fourth-order valence-corrected chi connectivity index (χ4v) is 0.508. The van der Waals surface area contributed by atoms with E-state index in [1.807, 2.05) is 33.8 Å². The molecule has 0 spiro atoms. The molecule has 0 fully saturated rings. The first-order chi connectivity index (χ1) is 6.16. The van der Waals surface area contributed by atoms with Gasteiger partial charge in [0, 0.05) is 6.08 Å². The van der Waals surface area contributed by atoms with E-state index in [4.69, 9.17) is 10.2 Å². The first-order valence-corrected chi connectivity index (χ1v) is 4.55. The van der Waals surface area contributed by atoms with Gasteiger partial charge in [-0.05, 0) is 12.0 Å². The van der Waals surface area contributed by atoms with Gasteiger partial charge >= 0.3 is 0 Å². The van der Waals surface area contributed by atoms with Crippen molar-refractivity contribution in [2.24, 2.45) is 5.92 Å². The molecule has 2 nitrogen and oxygen atoms in total. The third-order valence-corrected chi connectivity index (χ3v) is 1.01. The monoisotopic (exact) mass is 184 g/mol. The van der Waals surface area contributed by atoms with Crippen LogP contribution in [0, 0.1) is 5.92 Å². The van der Waals surface area contributed by atoms with Crippen LogP contribution < -0.4 is 0 Å². The van der Waals surface area contributed by atoms with Crippen LogP contribution in [-0.4, -0.2) is 10.2 Å². The van der Waals surface area contributed by atoms with E-state index in [0.717, 1.165) is 6.26 Å². The van der Waals surface area contributed by atoms with Gasteiger partial charge in [0.25, 0.3) is 0 Å². The molecule has 0 aromatic rings. The molecule has 0 aliphatic rings. The third-order valence-electron chi connectivity index (χ3n) is 1.01. The molecule has 76 valence electrons. The van der Waals surface area contributed by atoms with Gasteiger partial charge < -0.3 is 10.2 Å². The lowest BCUT2D eigenvalue weighted by Gasteiger charge is -1.90. The van der Waals surface area contributed by atoms with Crippen LogP contribution in [0.15, 0.2) is 36.3 Å². The highest BCUT2D eigenvalue weighted by molar-refractivity contribution is 5.15. The summed E-state index contributed by atoms with van der Waals surface area (Å²) in [5, 5.41) is 17.2. The van der Waals surface area contributed by atoms with Crippen LogP contribution in [0.4, 0.5) is 0 Å². The Morgan fingerprint density at radius 2 is 1.77 bits per heavy atom. The highest BCUT2D eigenvalue weighted by Gasteiger charge is 1.82.